The van der Waals surface area contributed by atoms with Crippen LogP contribution in [0.3, 0.4) is 0 Å². The van der Waals surface area contributed by atoms with Gasteiger partial charge in [-0.1, -0.05) is 74.6 Å². The van der Waals surface area contributed by atoms with Crippen molar-refractivity contribution in [3.8, 4) is 11.8 Å². The molecule has 0 aliphatic heterocycles. The van der Waals surface area contributed by atoms with E-state index in [1.165, 1.54) is 4.31 Å². The molecule has 30 heavy (non-hydrogen) atoms. The number of hydrogen-bond donors (Lipinski definition) is 0. The molecule has 2 atom stereocenters. The lowest BCUT2D eigenvalue weighted by Gasteiger charge is -2.32. The Bertz CT molecular complexity index is 1060. The summed E-state index contributed by atoms with van der Waals surface area (Å²) in [6.07, 6.45) is 2.57. The van der Waals surface area contributed by atoms with Crippen LogP contribution in [-0.2, 0) is 10.0 Å². The highest BCUT2D eigenvalue weighted by Crippen LogP contribution is 2.29. The van der Waals surface area contributed by atoms with Gasteiger partial charge in [0.1, 0.15) is 0 Å². The molecule has 0 aliphatic rings. The first-order chi connectivity index (χ1) is 14.2. The van der Waals surface area contributed by atoms with Gasteiger partial charge in [-0.25, -0.2) is 8.42 Å². The fourth-order valence-electron chi connectivity index (χ4n) is 3.68. The lowest BCUT2D eigenvalue weighted by atomic mass is 9.99. The van der Waals surface area contributed by atoms with Crippen molar-refractivity contribution < 1.29 is 8.42 Å². The highest BCUT2D eigenvalue weighted by Gasteiger charge is 2.34. The van der Waals surface area contributed by atoms with Crippen LogP contribution in [0.5, 0.6) is 0 Å². The minimum atomic E-state index is -3.78. The summed E-state index contributed by atoms with van der Waals surface area (Å²) < 4.78 is 29.2. The first-order valence-electron chi connectivity index (χ1n) is 10.2. The summed E-state index contributed by atoms with van der Waals surface area (Å²) in [5.74, 6) is 6.26. The summed E-state index contributed by atoms with van der Waals surface area (Å²) in [5.41, 5.74) is 6.21. The Morgan fingerprint density at radius 2 is 1.70 bits per heavy atom. The standard InChI is InChI=1S/C26H31NO2S/c1-7-13-25(21(4)8-2)27(17-12-16-24-14-10-9-11-15-24)30(28,29)26-22(5)18-20(3)19-23(26)6/h9-11,13-15,18-19,21,25H,1,8,17H2,2-6H3/t21?,25-/m1/s1. The van der Waals surface area contributed by atoms with Crippen molar-refractivity contribution in [1.82, 2.24) is 4.31 Å². The van der Waals surface area contributed by atoms with E-state index in [2.05, 4.69) is 31.1 Å². The zero-order chi connectivity index (χ0) is 22.3. The number of aryl methyl sites for hydroxylation is 3. The van der Waals surface area contributed by atoms with Gasteiger partial charge >= 0.3 is 0 Å². The molecule has 0 saturated heterocycles. The second-order valence-electron chi connectivity index (χ2n) is 7.69. The summed E-state index contributed by atoms with van der Waals surface area (Å²) in [6, 6.07) is 13.0. The maximum atomic E-state index is 13.9. The third-order valence-electron chi connectivity index (χ3n) is 5.26. The molecule has 0 aromatic heterocycles. The Hall–Kier alpha value is -2.57. The average Bonchev–Trinajstić information content (AvgIpc) is 2.69. The van der Waals surface area contributed by atoms with Gasteiger partial charge in [0.25, 0.3) is 0 Å². The predicted molar refractivity (Wildman–Crippen MR) is 125 cm³/mol. The fraction of sp³-hybridized carbons (Fsp3) is 0.346. The maximum Gasteiger partial charge on any atom is 0.245 e. The SMILES string of the molecule is C=C=C[C@H](C(C)CC)N(CC#Cc1ccccc1)S(=O)(=O)c1c(C)cc(C)cc1C. The van der Waals surface area contributed by atoms with Gasteiger partial charge in [0.15, 0.2) is 0 Å². The summed E-state index contributed by atoms with van der Waals surface area (Å²) in [5, 5.41) is 0. The fourth-order valence-corrected chi connectivity index (χ4v) is 5.67. The third kappa shape index (κ3) is 5.52. The van der Waals surface area contributed by atoms with Gasteiger partial charge in [0.2, 0.25) is 10.0 Å². The zero-order valence-electron chi connectivity index (χ0n) is 18.6. The van der Waals surface area contributed by atoms with Gasteiger partial charge in [-0.3, -0.25) is 0 Å². The van der Waals surface area contributed by atoms with E-state index >= 15 is 0 Å². The van der Waals surface area contributed by atoms with Crippen molar-refractivity contribution in [3.63, 3.8) is 0 Å². The molecule has 0 radical (unpaired) electrons. The third-order valence-corrected chi connectivity index (χ3v) is 7.41. The largest absolute Gasteiger partial charge is 0.245 e. The number of rotatable bonds is 7. The first-order valence-corrected chi connectivity index (χ1v) is 11.7. The van der Waals surface area contributed by atoms with Crippen LogP contribution in [0.1, 0.15) is 42.5 Å². The van der Waals surface area contributed by atoms with Crippen LogP contribution in [-0.4, -0.2) is 25.3 Å². The Labute approximate surface area is 182 Å². The molecule has 0 aliphatic carbocycles. The van der Waals surface area contributed by atoms with Crippen LogP contribution in [0.15, 0.2) is 65.7 Å². The molecular formula is C26H31NO2S. The van der Waals surface area contributed by atoms with E-state index in [0.29, 0.717) is 4.90 Å². The molecule has 0 spiro atoms. The van der Waals surface area contributed by atoms with E-state index in [4.69, 9.17) is 0 Å². The molecule has 0 bridgehead atoms. The van der Waals surface area contributed by atoms with E-state index in [-0.39, 0.29) is 18.5 Å². The zero-order valence-corrected chi connectivity index (χ0v) is 19.4. The van der Waals surface area contributed by atoms with Crippen molar-refractivity contribution >= 4 is 10.0 Å². The number of sulfonamides is 1. The topological polar surface area (TPSA) is 37.4 Å². The minimum absolute atomic E-state index is 0.0944. The summed E-state index contributed by atoms with van der Waals surface area (Å²) in [7, 11) is -3.78. The molecule has 0 heterocycles. The molecule has 2 rings (SSSR count). The quantitative estimate of drug-likeness (QED) is 0.443. The smallest absolute Gasteiger partial charge is 0.207 e. The molecule has 158 valence electrons. The normalized spacial score (nSPS) is 13.1. The van der Waals surface area contributed by atoms with E-state index in [9.17, 15) is 8.42 Å². The average molecular weight is 422 g/mol. The van der Waals surface area contributed by atoms with Gasteiger partial charge in [0.05, 0.1) is 17.5 Å². The molecule has 0 saturated carbocycles. The van der Waals surface area contributed by atoms with Gasteiger partial charge in [-0.15, -0.1) is 5.73 Å². The molecule has 0 N–H and O–H groups in total. The van der Waals surface area contributed by atoms with Crippen LogP contribution in [0.4, 0.5) is 0 Å². The van der Waals surface area contributed by atoms with E-state index in [1.54, 1.807) is 6.08 Å². The van der Waals surface area contributed by atoms with Gasteiger partial charge < -0.3 is 0 Å². The van der Waals surface area contributed by atoms with Crippen LogP contribution in [0.25, 0.3) is 0 Å². The summed E-state index contributed by atoms with van der Waals surface area (Å²) in [4.78, 5) is 0.361. The minimum Gasteiger partial charge on any atom is -0.207 e. The molecule has 0 amide bonds. The van der Waals surface area contributed by atoms with E-state index < -0.39 is 10.0 Å². The Morgan fingerprint density at radius 3 is 2.23 bits per heavy atom. The number of nitrogens with zero attached hydrogens (tertiary/aromatic N) is 1. The Kier molecular flexibility index (Phi) is 8.26. The second-order valence-corrected chi connectivity index (χ2v) is 9.52. The van der Waals surface area contributed by atoms with Crippen molar-refractivity contribution in [1.29, 1.82) is 0 Å². The van der Waals surface area contributed by atoms with Crippen LogP contribution in [0, 0.1) is 38.5 Å². The molecule has 2 aromatic rings. The molecule has 2 aromatic carbocycles. The molecule has 4 heteroatoms. The van der Waals surface area contributed by atoms with Gasteiger partial charge in [-0.2, -0.15) is 4.31 Å². The van der Waals surface area contributed by atoms with E-state index in [0.717, 1.165) is 28.7 Å². The summed E-state index contributed by atoms with van der Waals surface area (Å²) >= 11 is 0. The van der Waals surface area contributed by atoms with Crippen molar-refractivity contribution in [2.24, 2.45) is 5.92 Å². The van der Waals surface area contributed by atoms with E-state index in [1.807, 2.05) is 70.2 Å². The monoisotopic (exact) mass is 421 g/mol. The molecule has 1 unspecified atom stereocenters. The molecule has 0 fully saturated rings. The highest BCUT2D eigenvalue weighted by atomic mass is 32.2. The van der Waals surface area contributed by atoms with Crippen molar-refractivity contribution in [2.75, 3.05) is 6.54 Å². The maximum absolute atomic E-state index is 13.9. The predicted octanol–water partition coefficient (Wildman–Crippen LogP) is 5.41. The highest BCUT2D eigenvalue weighted by molar-refractivity contribution is 7.89. The lowest BCUT2D eigenvalue weighted by Crippen LogP contribution is -2.43. The Balaban J connectivity index is 2.59. The van der Waals surface area contributed by atoms with Crippen molar-refractivity contribution in [2.45, 2.75) is 52.0 Å². The second kappa shape index (κ2) is 10.5. The summed E-state index contributed by atoms with van der Waals surface area (Å²) in [6.45, 7) is 13.6. The van der Waals surface area contributed by atoms with Crippen LogP contribution < -0.4 is 0 Å². The van der Waals surface area contributed by atoms with Gasteiger partial charge in [0, 0.05) is 5.56 Å². The molecular weight excluding hydrogens is 390 g/mol. The Morgan fingerprint density at radius 1 is 1.10 bits per heavy atom. The number of benzene rings is 2. The molecule has 3 nitrogen and oxygen atoms in total. The van der Waals surface area contributed by atoms with Crippen molar-refractivity contribution in [3.05, 3.63) is 83.1 Å². The van der Waals surface area contributed by atoms with Crippen LogP contribution in [0.2, 0.25) is 0 Å². The lowest BCUT2D eigenvalue weighted by molar-refractivity contribution is 0.307. The van der Waals surface area contributed by atoms with Gasteiger partial charge in [-0.05, 0) is 56.0 Å². The number of hydrogen-bond acceptors (Lipinski definition) is 2. The van der Waals surface area contributed by atoms with Crippen LogP contribution >= 0.6 is 0 Å². The first kappa shape index (κ1) is 23.7.